The van der Waals surface area contributed by atoms with E-state index in [1.54, 1.807) is 0 Å². The molecule has 0 aromatic heterocycles. The molecule has 108 valence electrons. The van der Waals surface area contributed by atoms with Crippen LogP contribution in [0, 0.1) is 11.6 Å². The number of carboxylic acid groups (broad SMARTS) is 1. The number of amides is 2. The Morgan fingerprint density at radius 2 is 1.80 bits per heavy atom. The van der Waals surface area contributed by atoms with Crippen LogP contribution in [0.15, 0.2) is 18.2 Å². The van der Waals surface area contributed by atoms with Gasteiger partial charge in [-0.25, -0.2) is 13.6 Å². The predicted octanol–water partition coefficient (Wildman–Crippen LogP) is 0.413. The minimum absolute atomic E-state index is 0.271. The van der Waals surface area contributed by atoms with Gasteiger partial charge in [0.2, 0.25) is 5.91 Å². The van der Waals surface area contributed by atoms with Gasteiger partial charge in [-0.2, -0.15) is 0 Å². The standard InChI is InChI=1S/C12H12F2N2O4/c13-6-2-1-3-7(14)10(6)11(18)16-8(12(19)20)4-5-9(15)17/h1-3,8H,4-5H2,(H2,15,17)(H,16,18)(H,19,20). The first-order chi connectivity index (χ1) is 9.32. The lowest BCUT2D eigenvalue weighted by molar-refractivity contribution is -0.139. The number of primary amides is 1. The van der Waals surface area contributed by atoms with Crippen LogP contribution in [0.5, 0.6) is 0 Å². The van der Waals surface area contributed by atoms with Gasteiger partial charge in [0.15, 0.2) is 0 Å². The summed E-state index contributed by atoms with van der Waals surface area (Å²) in [5, 5.41) is 10.8. The van der Waals surface area contributed by atoms with E-state index in [-0.39, 0.29) is 12.8 Å². The molecule has 0 aliphatic heterocycles. The van der Waals surface area contributed by atoms with Gasteiger partial charge in [-0.05, 0) is 18.6 Å². The highest BCUT2D eigenvalue weighted by Gasteiger charge is 2.24. The summed E-state index contributed by atoms with van der Waals surface area (Å²) in [5.41, 5.74) is 3.99. The molecule has 0 spiro atoms. The number of carbonyl (C=O) groups excluding carboxylic acids is 2. The van der Waals surface area contributed by atoms with Gasteiger partial charge in [-0.15, -0.1) is 0 Å². The molecular weight excluding hydrogens is 274 g/mol. The first-order valence-corrected chi connectivity index (χ1v) is 5.59. The number of benzene rings is 1. The van der Waals surface area contributed by atoms with E-state index in [0.717, 1.165) is 18.2 Å². The fourth-order valence-corrected chi connectivity index (χ4v) is 1.49. The van der Waals surface area contributed by atoms with E-state index in [4.69, 9.17) is 10.8 Å². The van der Waals surface area contributed by atoms with Crippen molar-refractivity contribution in [3.63, 3.8) is 0 Å². The number of halogens is 2. The summed E-state index contributed by atoms with van der Waals surface area (Å²) in [7, 11) is 0. The number of hydrogen-bond acceptors (Lipinski definition) is 3. The number of nitrogens with one attached hydrogen (secondary N) is 1. The Morgan fingerprint density at radius 1 is 1.25 bits per heavy atom. The molecule has 0 aliphatic carbocycles. The number of hydrogen-bond donors (Lipinski definition) is 3. The zero-order valence-electron chi connectivity index (χ0n) is 10.2. The molecule has 1 aromatic rings. The van der Waals surface area contributed by atoms with Gasteiger partial charge < -0.3 is 16.2 Å². The Hall–Kier alpha value is -2.51. The Morgan fingerprint density at radius 3 is 2.25 bits per heavy atom. The fourth-order valence-electron chi connectivity index (χ4n) is 1.49. The molecule has 0 radical (unpaired) electrons. The molecule has 1 unspecified atom stereocenters. The average molecular weight is 286 g/mol. The molecule has 2 amide bonds. The predicted molar refractivity (Wildman–Crippen MR) is 63.7 cm³/mol. The van der Waals surface area contributed by atoms with Crippen molar-refractivity contribution in [2.24, 2.45) is 5.73 Å². The van der Waals surface area contributed by atoms with Gasteiger partial charge >= 0.3 is 5.97 Å². The average Bonchev–Trinajstić information content (AvgIpc) is 2.33. The molecule has 0 saturated carbocycles. The Balaban J connectivity index is 2.86. The zero-order chi connectivity index (χ0) is 15.3. The molecule has 0 heterocycles. The lowest BCUT2D eigenvalue weighted by Gasteiger charge is -2.14. The van der Waals surface area contributed by atoms with Crippen LogP contribution in [0.25, 0.3) is 0 Å². The minimum atomic E-state index is -1.46. The normalized spacial score (nSPS) is 11.7. The number of carbonyl (C=O) groups is 3. The summed E-state index contributed by atoms with van der Waals surface area (Å²) in [4.78, 5) is 33.2. The third-order valence-electron chi connectivity index (χ3n) is 2.47. The van der Waals surface area contributed by atoms with E-state index >= 15 is 0 Å². The summed E-state index contributed by atoms with van der Waals surface area (Å²) in [6, 6.07) is 1.35. The van der Waals surface area contributed by atoms with Gasteiger partial charge in [0, 0.05) is 6.42 Å². The number of aliphatic carboxylic acids is 1. The van der Waals surface area contributed by atoms with E-state index in [1.807, 2.05) is 5.32 Å². The third-order valence-corrected chi connectivity index (χ3v) is 2.47. The van der Waals surface area contributed by atoms with Crippen molar-refractivity contribution in [1.82, 2.24) is 5.32 Å². The molecule has 0 aliphatic rings. The molecule has 8 heteroatoms. The highest BCUT2D eigenvalue weighted by atomic mass is 19.1. The van der Waals surface area contributed by atoms with E-state index in [0.29, 0.717) is 0 Å². The zero-order valence-corrected chi connectivity index (χ0v) is 10.2. The number of carboxylic acids is 1. The smallest absolute Gasteiger partial charge is 0.326 e. The number of nitrogens with two attached hydrogens (primary N) is 1. The van der Waals surface area contributed by atoms with Crippen LogP contribution in [0.4, 0.5) is 8.78 Å². The Kier molecular flexibility index (Phi) is 5.13. The summed E-state index contributed by atoms with van der Waals surface area (Å²) in [5.74, 6) is -5.61. The minimum Gasteiger partial charge on any atom is -0.480 e. The first-order valence-electron chi connectivity index (χ1n) is 5.59. The van der Waals surface area contributed by atoms with Crippen molar-refractivity contribution < 1.29 is 28.3 Å². The summed E-state index contributed by atoms with van der Waals surface area (Å²) in [6.07, 6.45) is -0.552. The topological polar surface area (TPSA) is 109 Å². The second-order valence-electron chi connectivity index (χ2n) is 3.97. The maximum Gasteiger partial charge on any atom is 0.326 e. The summed E-state index contributed by atoms with van der Waals surface area (Å²) in [6.45, 7) is 0. The van der Waals surface area contributed by atoms with Crippen molar-refractivity contribution >= 4 is 17.8 Å². The molecule has 1 aromatic carbocycles. The summed E-state index contributed by atoms with van der Waals surface area (Å²) < 4.78 is 26.7. The van der Waals surface area contributed by atoms with Crippen molar-refractivity contribution in [2.75, 3.05) is 0 Å². The van der Waals surface area contributed by atoms with Crippen LogP contribution in [0.1, 0.15) is 23.2 Å². The number of rotatable bonds is 6. The monoisotopic (exact) mass is 286 g/mol. The van der Waals surface area contributed by atoms with Crippen LogP contribution in [-0.4, -0.2) is 28.9 Å². The maximum atomic E-state index is 13.3. The first kappa shape index (κ1) is 15.5. The second-order valence-corrected chi connectivity index (χ2v) is 3.97. The van der Waals surface area contributed by atoms with Gasteiger partial charge in [0.05, 0.1) is 0 Å². The van der Waals surface area contributed by atoms with Gasteiger partial charge in [0.25, 0.3) is 5.91 Å². The third kappa shape index (κ3) is 4.01. The SMILES string of the molecule is NC(=O)CCC(NC(=O)c1c(F)cccc1F)C(=O)O. The van der Waals surface area contributed by atoms with Crippen molar-refractivity contribution in [2.45, 2.75) is 18.9 Å². The van der Waals surface area contributed by atoms with E-state index in [9.17, 15) is 23.2 Å². The van der Waals surface area contributed by atoms with Gasteiger partial charge in [0.1, 0.15) is 23.2 Å². The van der Waals surface area contributed by atoms with E-state index in [1.165, 1.54) is 0 Å². The highest BCUT2D eigenvalue weighted by Crippen LogP contribution is 2.12. The van der Waals surface area contributed by atoms with Gasteiger partial charge in [-0.3, -0.25) is 9.59 Å². The Labute approximate surface area is 112 Å². The molecule has 1 rings (SSSR count). The quantitative estimate of drug-likeness (QED) is 0.703. The van der Waals surface area contributed by atoms with Crippen LogP contribution >= 0.6 is 0 Å². The van der Waals surface area contributed by atoms with Gasteiger partial charge in [-0.1, -0.05) is 6.07 Å². The van der Waals surface area contributed by atoms with E-state index in [2.05, 4.69) is 0 Å². The van der Waals surface area contributed by atoms with Crippen LogP contribution in [0.3, 0.4) is 0 Å². The lowest BCUT2D eigenvalue weighted by Crippen LogP contribution is -2.42. The molecule has 0 fully saturated rings. The van der Waals surface area contributed by atoms with Crippen molar-refractivity contribution in [1.29, 1.82) is 0 Å². The molecular formula is C12H12F2N2O4. The van der Waals surface area contributed by atoms with Crippen molar-refractivity contribution in [3.05, 3.63) is 35.4 Å². The molecule has 4 N–H and O–H groups in total. The molecule has 1 atom stereocenters. The second kappa shape index (κ2) is 6.60. The van der Waals surface area contributed by atoms with Crippen LogP contribution in [0.2, 0.25) is 0 Å². The Bertz CT molecular complexity index is 528. The summed E-state index contributed by atoms with van der Waals surface area (Å²) >= 11 is 0. The molecule has 0 bridgehead atoms. The molecule has 6 nitrogen and oxygen atoms in total. The van der Waals surface area contributed by atoms with Crippen LogP contribution < -0.4 is 11.1 Å². The van der Waals surface area contributed by atoms with Crippen molar-refractivity contribution in [3.8, 4) is 0 Å². The van der Waals surface area contributed by atoms with E-state index < -0.39 is 41.0 Å². The maximum absolute atomic E-state index is 13.3. The lowest BCUT2D eigenvalue weighted by atomic mass is 10.1. The fraction of sp³-hybridized carbons (Fsp3) is 0.250. The molecule has 20 heavy (non-hydrogen) atoms. The molecule has 0 saturated heterocycles. The van der Waals surface area contributed by atoms with Crippen LogP contribution in [-0.2, 0) is 9.59 Å². The largest absolute Gasteiger partial charge is 0.480 e. The highest BCUT2D eigenvalue weighted by molar-refractivity contribution is 5.97.